The van der Waals surface area contributed by atoms with Crippen LogP contribution in [-0.2, 0) is 0 Å². The number of pyridine rings is 2. The maximum Gasteiger partial charge on any atom is 0.255 e. The molecule has 170 valence electrons. The van der Waals surface area contributed by atoms with Gasteiger partial charge in [-0.1, -0.05) is 13.0 Å². The van der Waals surface area contributed by atoms with Crippen LogP contribution in [0.4, 0.5) is 11.5 Å². The maximum atomic E-state index is 13.0. The molecule has 4 aromatic rings. The number of carbonyl (C=O) groups is 1. The fourth-order valence-electron chi connectivity index (χ4n) is 4.58. The van der Waals surface area contributed by atoms with Crippen LogP contribution in [0.3, 0.4) is 0 Å². The van der Waals surface area contributed by atoms with E-state index < -0.39 is 0 Å². The molecule has 0 saturated carbocycles. The van der Waals surface area contributed by atoms with Crippen LogP contribution >= 0.6 is 0 Å². The normalized spacial score (nSPS) is 17.5. The van der Waals surface area contributed by atoms with Crippen molar-refractivity contribution in [2.24, 2.45) is 0 Å². The Balaban J connectivity index is 1.26. The van der Waals surface area contributed by atoms with Crippen LogP contribution in [0.25, 0.3) is 11.4 Å². The van der Waals surface area contributed by atoms with Gasteiger partial charge >= 0.3 is 0 Å². The number of hydrogen-bond acceptors (Lipinski definition) is 7. The van der Waals surface area contributed by atoms with Crippen molar-refractivity contribution < 1.29 is 4.79 Å². The Morgan fingerprint density at radius 2 is 1.97 bits per heavy atom. The molecule has 4 aromatic heterocycles. The van der Waals surface area contributed by atoms with Crippen molar-refractivity contribution in [1.82, 2.24) is 29.7 Å². The third-order valence-corrected chi connectivity index (χ3v) is 6.32. The fourth-order valence-corrected chi connectivity index (χ4v) is 4.58. The van der Waals surface area contributed by atoms with E-state index in [2.05, 4.69) is 48.5 Å². The van der Waals surface area contributed by atoms with Crippen molar-refractivity contribution in [2.75, 3.05) is 36.4 Å². The number of allylic oxidation sites excluding steroid dienone is 1. The lowest BCUT2D eigenvalue weighted by Crippen LogP contribution is -2.43. The number of aromatic nitrogens is 5. The predicted octanol–water partition coefficient (Wildman–Crippen LogP) is 2.73. The molecule has 2 aliphatic rings. The number of fused-ring (bicyclic) bond motifs is 2. The van der Waals surface area contributed by atoms with Crippen LogP contribution in [0.1, 0.15) is 40.0 Å². The van der Waals surface area contributed by atoms with E-state index in [1.807, 2.05) is 35.1 Å². The minimum Gasteiger partial charge on any atom is -0.354 e. The molecule has 9 heteroatoms. The highest BCUT2D eigenvalue weighted by Crippen LogP contribution is 2.39. The summed E-state index contributed by atoms with van der Waals surface area (Å²) in [5.41, 5.74) is 5.26. The van der Waals surface area contributed by atoms with Crippen LogP contribution < -0.4 is 15.5 Å². The number of carbonyl (C=O) groups excluding carboxylic acids is 1. The first-order valence-corrected chi connectivity index (χ1v) is 11.4. The van der Waals surface area contributed by atoms with E-state index in [0.29, 0.717) is 17.0 Å². The molecule has 34 heavy (non-hydrogen) atoms. The van der Waals surface area contributed by atoms with Gasteiger partial charge < -0.3 is 15.5 Å². The number of hydrogen-bond donors (Lipinski definition) is 2. The van der Waals surface area contributed by atoms with E-state index in [4.69, 9.17) is 0 Å². The van der Waals surface area contributed by atoms with Crippen molar-refractivity contribution >= 4 is 28.8 Å². The number of amides is 1. The zero-order chi connectivity index (χ0) is 23.1. The van der Waals surface area contributed by atoms with Crippen molar-refractivity contribution in [3.05, 3.63) is 83.8 Å². The van der Waals surface area contributed by atoms with Crippen LogP contribution in [0.15, 0.2) is 61.5 Å². The quantitative estimate of drug-likeness (QED) is 0.491. The Morgan fingerprint density at radius 3 is 2.85 bits per heavy atom. The molecule has 2 N–H and O–H groups in total. The molecule has 9 nitrogen and oxygen atoms in total. The highest BCUT2D eigenvalue weighted by Gasteiger charge is 2.24. The van der Waals surface area contributed by atoms with Crippen molar-refractivity contribution in [1.29, 1.82) is 0 Å². The second kappa shape index (κ2) is 8.35. The van der Waals surface area contributed by atoms with Crippen LogP contribution in [0.2, 0.25) is 0 Å². The summed E-state index contributed by atoms with van der Waals surface area (Å²) >= 11 is 0. The molecular formula is C25H24N8O. The minimum absolute atomic E-state index is 0.176. The predicted molar refractivity (Wildman–Crippen MR) is 130 cm³/mol. The molecule has 1 fully saturated rings. The number of piperazine rings is 1. The minimum atomic E-state index is -0.182. The van der Waals surface area contributed by atoms with Gasteiger partial charge in [0.05, 0.1) is 17.6 Å². The summed E-state index contributed by atoms with van der Waals surface area (Å²) in [5, 5.41) is 6.34. The van der Waals surface area contributed by atoms with Crippen molar-refractivity contribution in [3.8, 4) is 0 Å². The van der Waals surface area contributed by atoms with Gasteiger partial charge in [0.2, 0.25) is 5.78 Å². The van der Waals surface area contributed by atoms with Gasteiger partial charge in [0, 0.05) is 79.8 Å². The van der Waals surface area contributed by atoms with E-state index in [0.717, 1.165) is 54.4 Å². The third kappa shape index (κ3) is 3.69. The Bertz CT molecular complexity index is 1420. The first kappa shape index (κ1) is 20.5. The summed E-state index contributed by atoms with van der Waals surface area (Å²) in [6.45, 7) is 5.70. The zero-order valence-corrected chi connectivity index (χ0v) is 18.8. The Labute approximate surface area is 196 Å². The summed E-state index contributed by atoms with van der Waals surface area (Å²) < 4.78 is 1.90. The van der Waals surface area contributed by atoms with E-state index in [9.17, 15) is 4.79 Å². The summed E-state index contributed by atoms with van der Waals surface area (Å²) in [6, 6.07) is 5.58. The first-order valence-electron chi connectivity index (χ1n) is 11.4. The highest BCUT2D eigenvalue weighted by molar-refractivity contribution is 6.05. The molecule has 1 aliphatic carbocycles. The lowest BCUT2D eigenvalue weighted by atomic mass is 10.0. The Hall–Kier alpha value is -4.11. The molecule has 0 spiro atoms. The number of nitrogens with zero attached hydrogens (tertiary/aromatic N) is 6. The van der Waals surface area contributed by atoms with Gasteiger partial charge in [0.25, 0.3) is 5.91 Å². The van der Waals surface area contributed by atoms with Gasteiger partial charge in [-0.3, -0.25) is 14.2 Å². The third-order valence-electron chi connectivity index (χ3n) is 6.32. The maximum absolute atomic E-state index is 13.0. The van der Waals surface area contributed by atoms with Gasteiger partial charge in [0.1, 0.15) is 5.82 Å². The second-order valence-electron chi connectivity index (χ2n) is 8.60. The van der Waals surface area contributed by atoms with Gasteiger partial charge in [-0.2, -0.15) is 0 Å². The fraction of sp³-hybridized carbons (Fsp3) is 0.240. The SMILES string of the molecule is C[C@H]1C=C(c2cnc3nccn3c2)c2cc(NC(=O)c3ccnc(N4CCNCC4)c3)cnc21. The van der Waals surface area contributed by atoms with E-state index in [-0.39, 0.29) is 11.8 Å². The van der Waals surface area contributed by atoms with Gasteiger partial charge in [-0.25, -0.2) is 15.0 Å². The highest BCUT2D eigenvalue weighted by atomic mass is 16.1. The average molecular weight is 453 g/mol. The van der Waals surface area contributed by atoms with E-state index in [1.165, 1.54) is 0 Å². The van der Waals surface area contributed by atoms with Crippen molar-refractivity contribution in [2.45, 2.75) is 12.8 Å². The Morgan fingerprint density at radius 1 is 1.09 bits per heavy atom. The van der Waals surface area contributed by atoms with Gasteiger partial charge in [-0.15, -0.1) is 0 Å². The summed E-state index contributed by atoms with van der Waals surface area (Å²) in [4.78, 5) is 33.0. The zero-order valence-electron chi connectivity index (χ0n) is 18.8. The summed E-state index contributed by atoms with van der Waals surface area (Å²) in [7, 11) is 0. The standard InChI is InChI=1S/C25H24N8O/c1-16-10-20(18-13-30-25-28-6-9-33(25)15-18)21-12-19(14-29-23(16)21)31-24(34)17-2-3-27-22(11-17)32-7-4-26-5-8-32/h2-3,6,9-16,26H,4-5,7-8H2,1H3,(H,31,34)/t16-/m0/s1. The molecule has 6 rings (SSSR count). The monoisotopic (exact) mass is 452 g/mol. The average Bonchev–Trinajstić information content (AvgIpc) is 3.48. The van der Waals surface area contributed by atoms with Crippen molar-refractivity contribution in [3.63, 3.8) is 0 Å². The lowest BCUT2D eigenvalue weighted by molar-refractivity contribution is 0.102. The van der Waals surface area contributed by atoms with E-state index >= 15 is 0 Å². The topological polar surface area (TPSA) is 100 Å². The van der Waals surface area contributed by atoms with Gasteiger partial charge in [-0.05, 0) is 23.8 Å². The van der Waals surface area contributed by atoms with Crippen LogP contribution in [0, 0.1) is 0 Å². The lowest BCUT2D eigenvalue weighted by Gasteiger charge is -2.28. The number of imidazole rings is 1. The number of nitrogens with one attached hydrogen (secondary N) is 2. The van der Waals surface area contributed by atoms with Crippen LogP contribution in [0.5, 0.6) is 0 Å². The molecule has 5 heterocycles. The smallest absolute Gasteiger partial charge is 0.255 e. The largest absolute Gasteiger partial charge is 0.354 e. The molecule has 0 unspecified atom stereocenters. The molecular weight excluding hydrogens is 428 g/mol. The number of anilines is 2. The second-order valence-corrected chi connectivity index (χ2v) is 8.60. The molecule has 1 amide bonds. The molecule has 1 saturated heterocycles. The van der Waals surface area contributed by atoms with Crippen LogP contribution in [-0.4, -0.2) is 56.4 Å². The molecule has 0 radical (unpaired) electrons. The summed E-state index contributed by atoms with van der Waals surface area (Å²) in [5.74, 6) is 1.48. The summed E-state index contributed by atoms with van der Waals surface area (Å²) in [6.07, 6.45) is 13.1. The molecule has 1 atom stereocenters. The Kier molecular flexibility index (Phi) is 5.03. The molecule has 1 aliphatic heterocycles. The molecule has 0 aromatic carbocycles. The van der Waals surface area contributed by atoms with Gasteiger partial charge in [0.15, 0.2) is 0 Å². The number of rotatable bonds is 4. The molecule has 0 bridgehead atoms. The van der Waals surface area contributed by atoms with E-state index in [1.54, 1.807) is 24.7 Å². The first-order chi connectivity index (χ1) is 16.7.